The van der Waals surface area contributed by atoms with E-state index in [1.54, 1.807) is 20.8 Å². The molecular formula is C22H22Cl2N2O6S. The predicted molar refractivity (Wildman–Crippen MR) is 124 cm³/mol. The minimum atomic E-state index is -4.32. The third kappa shape index (κ3) is 5.06. The molecule has 0 saturated carbocycles. The van der Waals surface area contributed by atoms with Gasteiger partial charge < -0.3 is 4.74 Å². The van der Waals surface area contributed by atoms with Crippen LogP contribution in [0.5, 0.6) is 5.75 Å². The third-order valence-electron chi connectivity index (χ3n) is 4.85. The Hall–Kier alpha value is -2.46. The van der Waals surface area contributed by atoms with E-state index in [2.05, 4.69) is 0 Å². The van der Waals surface area contributed by atoms with Crippen LogP contribution in [-0.2, 0) is 24.4 Å². The lowest BCUT2D eigenvalue weighted by atomic mass is 10.1. The van der Waals surface area contributed by atoms with Crippen molar-refractivity contribution in [3.63, 3.8) is 0 Å². The van der Waals surface area contributed by atoms with Crippen LogP contribution >= 0.6 is 23.2 Å². The van der Waals surface area contributed by atoms with Gasteiger partial charge in [0.05, 0.1) is 17.1 Å². The fraction of sp³-hybridized carbons (Fsp3) is 0.318. The monoisotopic (exact) mass is 512 g/mol. The molecule has 0 spiro atoms. The molecule has 2 amide bonds. The Bertz CT molecular complexity index is 1220. The Balaban J connectivity index is 2.02. The Morgan fingerprint density at radius 3 is 2.24 bits per heavy atom. The van der Waals surface area contributed by atoms with Crippen LogP contribution < -0.4 is 9.64 Å². The number of ether oxygens (including phenoxy) is 1. The topological polar surface area (TPSA) is 101 Å². The number of carbonyl (C=O) groups excluding carboxylic acids is 3. The highest BCUT2D eigenvalue weighted by Crippen LogP contribution is 2.37. The average Bonchev–Trinajstić information content (AvgIpc) is 2.96. The van der Waals surface area contributed by atoms with Crippen molar-refractivity contribution in [2.24, 2.45) is 0 Å². The summed E-state index contributed by atoms with van der Waals surface area (Å²) in [4.78, 5) is 38.0. The second-order valence-corrected chi connectivity index (χ2v) is 11.0. The van der Waals surface area contributed by atoms with E-state index in [1.165, 1.54) is 49.4 Å². The molecule has 1 saturated heterocycles. The van der Waals surface area contributed by atoms with Gasteiger partial charge in [0.25, 0.3) is 5.91 Å². The molecule has 8 nitrogen and oxygen atoms in total. The highest BCUT2D eigenvalue weighted by atomic mass is 35.5. The largest absolute Gasteiger partial charge is 0.427 e. The zero-order chi connectivity index (χ0) is 24.7. The molecule has 2 aromatic carbocycles. The summed E-state index contributed by atoms with van der Waals surface area (Å²) in [7, 11) is -4.32. The SMILES string of the molecule is CC(=O)Oc1ccc(N2C(=O)CC(N(C(C)(C)C)S(=O)(=O)c3cc(Cl)ccc3Cl)C2=O)cc1. The minimum absolute atomic E-state index is 0.0525. The number of carbonyl (C=O) groups is 3. The first-order valence-corrected chi connectivity index (χ1v) is 12.1. The van der Waals surface area contributed by atoms with E-state index >= 15 is 0 Å². The van der Waals surface area contributed by atoms with E-state index in [-0.39, 0.29) is 32.8 Å². The molecule has 0 bridgehead atoms. The molecule has 1 unspecified atom stereocenters. The first-order valence-electron chi connectivity index (χ1n) is 9.88. The van der Waals surface area contributed by atoms with Gasteiger partial charge in [0, 0.05) is 17.5 Å². The number of benzene rings is 2. The van der Waals surface area contributed by atoms with Crippen LogP contribution in [0.15, 0.2) is 47.4 Å². The molecule has 1 atom stereocenters. The maximum Gasteiger partial charge on any atom is 0.308 e. The molecule has 33 heavy (non-hydrogen) atoms. The van der Waals surface area contributed by atoms with Crippen molar-refractivity contribution in [3.05, 3.63) is 52.5 Å². The van der Waals surface area contributed by atoms with Crippen molar-refractivity contribution in [2.45, 2.75) is 50.6 Å². The number of sulfonamides is 1. The molecule has 1 aliphatic rings. The van der Waals surface area contributed by atoms with Crippen LogP contribution in [0.3, 0.4) is 0 Å². The van der Waals surface area contributed by atoms with E-state index in [0.717, 1.165) is 9.21 Å². The first kappa shape index (κ1) is 25.2. The first-order chi connectivity index (χ1) is 15.2. The Labute approximate surface area is 202 Å². The summed E-state index contributed by atoms with van der Waals surface area (Å²) in [5.74, 6) is -1.53. The normalized spacial score (nSPS) is 17.1. The smallest absolute Gasteiger partial charge is 0.308 e. The average molecular weight is 513 g/mol. The van der Waals surface area contributed by atoms with Gasteiger partial charge in [-0.2, -0.15) is 4.31 Å². The molecule has 3 rings (SSSR count). The number of hydrogen-bond donors (Lipinski definition) is 0. The van der Waals surface area contributed by atoms with Crippen molar-refractivity contribution in [1.82, 2.24) is 4.31 Å². The van der Waals surface area contributed by atoms with Gasteiger partial charge >= 0.3 is 5.97 Å². The summed E-state index contributed by atoms with van der Waals surface area (Å²) in [5.41, 5.74) is -0.837. The number of rotatable bonds is 5. The van der Waals surface area contributed by atoms with E-state index < -0.39 is 39.4 Å². The van der Waals surface area contributed by atoms with Crippen LogP contribution in [0.2, 0.25) is 10.0 Å². The molecule has 1 aliphatic heterocycles. The fourth-order valence-electron chi connectivity index (χ4n) is 3.68. The van der Waals surface area contributed by atoms with Gasteiger partial charge in [0.1, 0.15) is 16.7 Å². The molecule has 11 heteroatoms. The number of esters is 1. The third-order valence-corrected chi connectivity index (χ3v) is 7.74. The van der Waals surface area contributed by atoms with Crippen molar-refractivity contribution < 1.29 is 27.5 Å². The summed E-state index contributed by atoms with van der Waals surface area (Å²) in [6, 6.07) is 8.51. The minimum Gasteiger partial charge on any atom is -0.427 e. The number of imide groups is 1. The van der Waals surface area contributed by atoms with E-state index in [4.69, 9.17) is 27.9 Å². The number of hydrogen-bond acceptors (Lipinski definition) is 6. The molecule has 0 aliphatic carbocycles. The molecule has 0 radical (unpaired) electrons. The standard InChI is InChI=1S/C22H22Cl2N2O6S/c1-13(27)32-16-8-6-15(7-9-16)25-20(28)12-18(21(25)29)26(22(2,3)4)33(30,31)19-11-14(23)5-10-17(19)24/h5-11,18H,12H2,1-4H3. The summed E-state index contributed by atoms with van der Waals surface area (Å²) < 4.78 is 33.2. The Morgan fingerprint density at radius 2 is 1.70 bits per heavy atom. The molecule has 176 valence electrons. The van der Waals surface area contributed by atoms with E-state index in [1.807, 2.05) is 0 Å². The molecule has 0 N–H and O–H groups in total. The molecule has 0 aromatic heterocycles. The quantitative estimate of drug-likeness (QED) is 0.340. The fourth-order valence-corrected chi connectivity index (χ4v) is 6.35. The van der Waals surface area contributed by atoms with E-state index in [0.29, 0.717) is 0 Å². The zero-order valence-electron chi connectivity index (χ0n) is 18.3. The van der Waals surface area contributed by atoms with Crippen LogP contribution in [0.4, 0.5) is 5.69 Å². The van der Waals surface area contributed by atoms with Crippen molar-refractivity contribution in [1.29, 1.82) is 0 Å². The summed E-state index contributed by atoms with van der Waals surface area (Å²) in [6.07, 6.45) is -0.348. The lowest BCUT2D eigenvalue weighted by molar-refractivity contribution is -0.132. The lowest BCUT2D eigenvalue weighted by Crippen LogP contribution is -2.54. The Kier molecular flexibility index (Phi) is 6.91. The van der Waals surface area contributed by atoms with Crippen molar-refractivity contribution in [2.75, 3.05) is 4.90 Å². The number of halogens is 2. The molecule has 2 aromatic rings. The van der Waals surface area contributed by atoms with E-state index in [9.17, 15) is 22.8 Å². The predicted octanol–water partition coefficient (Wildman–Crippen LogP) is 4.04. The maximum absolute atomic E-state index is 13.6. The van der Waals surface area contributed by atoms with Gasteiger partial charge in [-0.05, 0) is 63.2 Å². The molecule has 1 fully saturated rings. The second kappa shape index (κ2) is 9.06. The van der Waals surface area contributed by atoms with Crippen molar-refractivity contribution in [3.8, 4) is 5.75 Å². The Morgan fingerprint density at radius 1 is 1.09 bits per heavy atom. The number of amides is 2. The van der Waals surface area contributed by atoms with Crippen LogP contribution in [0.1, 0.15) is 34.1 Å². The second-order valence-electron chi connectivity index (χ2n) is 8.42. The van der Waals surface area contributed by atoms with Crippen LogP contribution in [0.25, 0.3) is 0 Å². The highest BCUT2D eigenvalue weighted by Gasteiger charge is 2.51. The zero-order valence-corrected chi connectivity index (χ0v) is 20.7. The van der Waals surface area contributed by atoms with Gasteiger partial charge in [0.2, 0.25) is 15.9 Å². The summed E-state index contributed by atoms with van der Waals surface area (Å²) >= 11 is 12.2. The van der Waals surface area contributed by atoms with Gasteiger partial charge in [-0.25, -0.2) is 13.3 Å². The highest BCUT2D eigenvalue weighted by molar-refractivity contribution is 7.89. The number of anilines is 1. The maximum atomic E-state index is 13.6. The van der Waals surface area contributed by atoms with Crippen molar-refractivity contribution >= 4 is 56.7 Å². The van der Waals surface area contributed by atoms with Gasteiger partial charge in [0.15, 0.2) is 0 Å². The molecule has 1 heterocycles. The van der Waals surface area contributed by atoms with Crippen LogP contribution in [-0.4, -0.2) is 42.1 Å². The van der Waals surface area contributed by atoms with Gasteiger partial charge in [-0.15, -0.1) is 0 Å². The lowest BCUT2D eigenvalue weighted by Gasteiger charge is -2.37. The van der Waals surface area contributed by atoms with Crippen LogP contribution in [0, 0.1) is 0 Å². The molecular weight excluding hydrogens is 491 g/mol. The van der Waals surface area contributed by atoms with Gasteiger partial charge in [-0.3, -0.25) is 14.4 Å². The summed E-state index contributed by atoms with van der Waals surface area (Å²) in [5, 5.41) is 0.110. The number of nitrogens with zero attached hydrogens (tertiary/aromatic N) is 2. The summed E-state index contributed by atoms with van der Waals surface area (Å²) in [6.45, 7) is 6.12. The van der Waals surface area contributed by atoms with Gasteiger partial charge in [-0.1, -0.05) is 23.2 Å².